The van der Waals surface area contributed by atoms with Crippen LogP contribution in [0.4, 0.5) is 17.8 Å². The average molecular weight is 851 g/mol. The van der Waals surface area contributed by atoms with E-state index in [2.05, 4.69) is 188 Å². The summed E-state index contributed by atoms with van der Waals surface area (Å²) in [6.07, 6.45) is 13.1. The van der Waals surface area contributed by atoms with Crippen molar-refractivity contribution in [1.82, 2.24) is 34.6 Å². The predicted molar refractivity (Wildman–Crippen MR) is 262 cm³/mol. The minimum Gasteiger partial charge on any atom is -0.351 e. The van der Waals surface area contributed by atoms with Gasteiger partial charge in [-0.05, 0) is 215 Å². The Morgan fingerprint density at radius 3 is 0.934 bits per heavy atom. The van der Waals surface area contributed by atoms with Gasteiger partial charge in [0.25, 0.3) is 0 Å². The number of nitrogens with zero attached hydrogens (tertiary/aromatic N) is 8. The second kappa shape index (κ2) is 17.2. The van der Waals surface area contributed by atoms with Crippen molar-refractivity contribution in [2.24, 2.45) is 11.8 Å². The van der Waals surface area contributed by atoms with E-state index in [1.165, 1.54) is 0 Å². The van der Waals surface area contributed by atoms with Gasteiger partial charge in [-0.25, -0.2) is 0 Å². The molecule has 2 N–H and O–H groups in total. The van der Waals surface area contributed by atoms with E-state index >= 15 is 0 Å². The molecule has 2 unspecified atom stereocenters. The lowest BCUT2D eigenvalue weighted by atomic mass is 9.70. The summed E-state index contributed by atoms with van der Waals surface area (Å²) in [6.45, 7) is 43.6. The van der Waals surface area contributed by atoms with Gasteiger partial charge in [-0.15, -0.1) is 0 Å². The Morgan fingerprint density at radius 1 is 0.443 bits per heavy atom. The van der Waals surface area contributed by atoms with Crippen LogP contribution in [0.2, 0.25) is 0 Å². The first-order valence-corrected chi connectivity index (χ1v) is 24.7. The van der Waals surface area contributed by atoms with Gasteiger partial charge in [0.1, 0.15) is 0 Å². The maximum Gasteiger partial charge on any atom is 0.232 e. The second-order valence-corrected chi connectivity index (χ2v) is 26.0. The lowest BCUT2D eigenvalue weighted by Gasteiger charge is -2.60. The summed E-state index contributed by atoms with van der Waals surface area (Å²) >= 11 is 0. The van der Waals surface area contributed by atoms with Crippen LogP contribution in [0.5, 0.6) is 0 Å². The van der Waals surface area contributed by atoms with Gasteiger partial charge in [-0.1, -0.05) is 26.7 Å². The fraction of sp³-hybridized carbons (Fsp3) is 0.941. The Kier molecular flexibility index (Phi) is 14.2. The Bertz CT molecular complexity index is 1460. The first-order valence-electron chi connectivity index (χ1n) is 24.7. The van der Waals surface area contributed by atoms with Gasteiger partial charge >= 0.3 is 0 Å². The third kappa shape index (κ3) is 10.5. The molecule has 10 heteroatoms. The predicted octanol–water partition coefficient (Wildman–Crippen LogP) is 10.9. The highest BCUT2D eigenvalue weighted by atomic mass is 15.4. The molecule has 5 heterocycles. The van der Waals surface area contributed by atoms with E-state index in [-0.39, 0.29) is 68.5 Å². The summed E-state index contributed by atoms with van der Waals surface area (Å²) in [4.78, 5) is 29.9. The topological polar surface area (TPSA) is 78.9 Å². The van der Waals surface area contributed by atoms with Crippen molar-refractivity contribution in [3.05, 3.63) is 0 Å². The largest absolute Gasteiger partial charge is 0.351 e. The molecule has 0 saturated carbocycles. The van der Waals surface area contributed by atoms with Gasteiger partial charge in [0.15, 0.2) is 0 Å². The molecule has 2 atom stereocenters. The quantitative estimate of drug-likeness (QED) is 0.200. The molecule has 4 aliphatic rings. The Hall–Kier alpha value is -1.75. The van der Waals surface area contributed by atoms with Crippen molar-refractivity contribution in [3.63, 3.8) is 0 Å². The van der Waals surface area contributed by atoms with Crippen molar-refractivity contribution in [1.29, 1.82) is 0 Å². The first-order chi connectivity index (χ1) is 27.7. The normalized spacial score (nSPS) is 28.3. The number of anilines is 3. The molecule has 0 amide bonds. The second-order valence-electron chi connectivity index (χ2n) is 26.0. The molecular weight excluding hydrogens is 753 g/mol. The van der Waals surface area contributed by atoms with Crippen LogP contribution in [0.15, 0.2) is 0 Å². The molecule has 10 nitrogen and oxygen atoms in total. The van der Waals surface area contributed by atoms with Gasteiger partial charge in [0, 0.05) is 68.5 Å². The molecule has 4 aliphatic heterocycles. The van der Waals surface area contributed by atoms with Crippen molar-refractivity contribution < 1.29 is 0 Å². The zero-order valence-electron chi connectivity index (χ0n) is 44.0. The lowest BCUT2D eigenvalue weighted by Crippen LogP contribution is -2.67. The summed E-state index contributed by atoms with van der Waals surface area (Å²) in [5.41, 5.74) is 0.423. The number of rotatable bonds is 13. The van der Waals surface area contributed by atoms with E-state index in [1.807, 2.05) is 0 Å². The van der Waals surface area contributed by atoms with Crippen molar-refractivity contribution >= 4 is 17.8 Å². The molecule has 0 radical (unpaired) electrons. The van der Waals surface area contributed by atoms with Crippen LogP contribution in [0, 0.1) is 11.8 Å². The molecule has 5 rings (SSSR count). The number of piperidine rings is 4. The molecule has 4 saturated heterocycles. The molecular formula is C51H98N10. The van der Waals surface area contributed by atoms with E-state index < -0.39 is 0 Å². The lowest BCUT2D eigenvalue weighted by molar-refractivity contribution is -0.0347. The van der Waals surface area contributed by atoms with Crippen LogP contribution in [-0.4, -0.2) is 131 Å². The number of likely N-dealkylation sites (tertiary alicyclic amines) is 4. The van der Waals surface area contributed by atoms with Gasteiger partial charge in [0.2, 0.25) is 17.8 Å². The number of aromatic nitrogens is 3. The van der Waals surface area contributed by atoms with Gasteiger partial charge < -0.3 is 15.5 Å². The SMILES string of the molecule is CCCC(Nc1nc(NC(CCC)C2CC(C)(C)N(C)C(C)(C)C2)nc(N(C2CC(C)(C)N(C)C(C)(C)C2)C2CC(C)(C)N(C)C(C)(C)C2)n1)C1CC(C)(C)N(C)C(C)(C)C1. The highest BCUT2D eigenvalue weighted by molar-refractivity contribution is 5.47. The van der Waals surface area contributed by atoms with Gasteiger partial charge in [-0.2, -0.15) is 15.0 Å². The first kappa shape index (κ1) is 50.3. The Labute approximate surface area is 376 Å². The number of hydrogen-bond acceptors (Lipinski definition) is 10. The van der Waals surface area contributed by atoms with Crippen molar-refractivity contribution in [2.45, 2.75) is 270 Å². The molecule has 1 aromatic heterocycles. The highest BCUT2D eigenvalue weighted by Gasteiger charge is 2.52. The zero-order chi connectivity index (χ0) is 46.1. The molecule has 0 spiro atoms. The monoisotopic (exact) mass is 851 g/mol. The van der Waals surface area contributed by atoms with Gasteiger partial charge in [-0.3, -0.25) is 19.6 Å². The summed E-state index contributed by atoms with van der Waals surface area (Å²) in [5, 5.41) is 8.21. The maximum atomic E-state index is 5.65. The van der Waals surface area contributed by atoms with Crippen LogP contribution in [0.25, 0.3) is 0 Å². The average Bonchev–Trinajstić information content (AvgIpc) is 3.09. The standard InChI is InChI=1S/C51H98N10/c1-23-25-39(35-27-44(3,4)57(19)45(5,6)28-35)52-41-54-42(53-40(26-24-2)36-29-46(7,8)58(20)47(9,10)30-36)56-43(55-41)61(37-31-48(11,12)59(21)49(13,14)32-37)38-33-50(15,16)60(22)51(17,18)34-38/h35-40H,23-34H2,1-22H3,(H2,52,53,54,55,56). The molecule has 4 fully saturated rings. The van der Waals surface area contributed by atoms with E-state index in [9.17, 15) is 0 Å². The van der Waals surface area contributed by atoms with E-state index in [0.717, 1.165) is 94.9 Å². The van der Waals surface area contributed by atoms with E-state index in [0.29, 0.717) is 11.8 Å². The van der Waals surface area contributed by atoms with Crippen LogP contribution < -0.4 is 15.5 Å². The maximum absolute atomic E-state index is 5.65. The third-order valence-electron chi connectivity index (χ3n) is 17.9. The molecule has 352 valence electrons. The highest BCUT2D eigenvalue weighted by Crippen LogP contribution is 2.47. The molecule has 0 aliphatic carbocycles. The summed E-state index contributed by atoms with van der Waals surface area (Å²) in [7, 11) is 9.29. The molecule has 61 heavy (non-hydrogen) atoms. The van der Waals surface area contributed by atoms with E-state index in [4.69, 9.17) is 15.0 Å². The Morgan fingerprint density at radius 2 is 0.689 bits per heavy atom. The summed E-state index contributed by atoms with van der Waals surface area (Å²) in [5.74, 6) is 3.32. The third-order valence-corrected chi connectivity index (χ3v) is 17.9. The number of nitrogens with one attached hydrogen (secondary N) is 2. The summed E-state index contributed by atoms with van der Waals surface area (Å²) < 4.78 is 0. The van der Waals surface area contributed by atoms with E-state index in [1.54, 1.807) is 0 Å². The fourth-order valence-corrected chi connectivity index (χ4v) is 13.5. The van der Waals surface area contributed by atoms with Gasteiger partial charge in [0.05, 0.1) is 0 Å². The molecule has 0 aromatic carbocycles. The minimum atomic E-state index is 0.0102. The minimum absolute atomic E-state index is 0.0102. The smallest absolute Gasteiger partial charge is 0.232 e. The summed E-state index contributed by atoms with van der Waals surface area (Å²) in [6, 6.07) is 1.07. The van der Waals surface area contributed by atoms with Crippen molar-refractivity contribution in [2.75, 3.05) is 43.7 Å². The fourth-order valence-electron chi connectivity index (χ4n) is 13.5. The van der Waals surface area contributed by atoms with Crippen LogP contribution in [-0.2, 0) is 0 Å². The van der Waals surface area contributed by atoms with Crippen LogP contribution in [0.1, 0.15) is 202 Å². The zero-order valence-corrected chi connectivity index (χ0v) is 44.0. The molecule has 1 aromatic rings. The molecule has 0 bridgehead atoms. The van der Waals surface area contributed by atoms with Crippen LogP contribution in [0.3, 0.4) is 0 Å². The Balaban J connectivity index is 1.68. The number of hydrogen-bond donors (Lipinski definition) is 2. The van der Waals surface area contributed by atoms with Crippen LogP contribution >= 0.6 is 0 Å². The van der Waals surface area contributed by atoms with Crippen molar-refractivity contribution in [3.8, 4) is 0 Å².